The van der Waals surface area contributed by atoms with Crippen molar-refractivity contribution in [1.29, 1.82) is 0 Å². The first-order valence-electron chi connectivity index (χ1n) is 16.4. The second-order valence-corrected chi connectivity index (χ2v) is 13.3. The highest BCUT2D eigenvalue weighted by Crippen LogP contribution is 2.39. The summed E-state index contributed by atoms with van der Waals surface area (Å²) in [4.78, 5) is 21.4. The standard InChI is InChI=1S/C22H17Cl2N3.C20H13Cl2N3/c1-2-27-21(16-7-9-17(23)10-8-16)20(15-11-13-25-14-12-15)26-22(27)18-5-3-4-6-19(18)24;21-15-7-5-13(6-8-15)18-19(14-9-11-23-12-10-14)25-20(24-18)16-3-1-2-4-17(16)22/h3-14H,2H2,1H3;1-12H,(H,24,25). The second-order valence-electron chi connectivity index (χ2n) is 11.6. The highest BCUT2D eigenvalue weighted by molar-refractivity contribution is 6.33. The molecule has 4 aromatic heterocycles. The fraction of sp³-hybridized carbons (Fsp3) is 0.0476. The maximum atomic E-state index is 6.48. The summed E-state index contributed by atoms with van der Waals surface area (Å²) in [6.07, 6.45) is 7.08. The monoisotopic (exact) mass is 758 g/mol. The molecule has 52 heavy (non-hydrogen) atoms. The van der Waals surface area contributed by atoms with Crippen molar-refractivity contribution >= 4 is 46.4 Å². The third kappa shape index (κ3) is 7.52. The van der Waals surface area contributed by atoms with Gasteiger partial charge in [-0.2, -0.15) is 0 Å². The van der Waals surface area contributed by atoms with Gasteiger partial charge in [0.2, 0.25) is 0 Å². The van der Waals surface area contributed by atoms with Crippen molar-refractivity contribution in [1.82, 2.24) is 29.5 Å². The van der Waals surface area contributed by atoms with E-state index in [0.29, 0.717) is 20.1 Å². The number of nitrogens with zero attached hydrogens (tertiary/aromatic N) is 5. The van der Waals surface area contributed by atoms with E-state index in [-0.39, 0.29) is 0 Å². The summed E-state index contributed by atoms with van der Waals surface area (Å²) in [6.45, 7) is 2.87. The molecule has 0 bridgehead atoms. The molecule has 0 aliphatic heterocycles. The van der Waals surface area contributed by atoms with Crippen LogP contribution < -0.4 is 0 Å². The zero-order chi connectivity index (χ0) is 36.0. The zero-order valence-corrected chi connectivity index (χ0v) is 30.8. The minimum Gasteiger partial charge on any atom is -0.337 e. The molecule has 0 aliphatic carbocycles. The molecule has 4 heterocycles. The molecule has 6 nitrogen and oxygen atoms in total. The van der Waals surface area contributed by atoms with Gasteiger partial charge < -0.3 is 9.55 Å². The molecular formula is C42H30Cl4N6. The van der Waals surface area contributed by atoms with E-state index >= 15 is 0 Å². The summed E-state index contributed by atoms with van der Waals surface area (Å²) in [5.74, 6) is 1.57. The molecule has 10 heteroatoms. The average Bonchev–Trinajstić information content (AvgIpc) is 3.80. The lowest BCUT2D eigenvalue weighted by Gasteiger charge is -2.12. The third-order valence-electron chi connectivity index (χ3n) is 8.39. The quantitative estimate of drug-likeness (QED) is 0.176. The molecular weight excluding hydrogens is 730 g/mol. The Labute approximate surface area is 321 Å². The van der Waals surface area contributed by atoms with Gasteiger partial charge in [0, 0.05) is 74.8 Å². The van der Waals surface area contributed by atoms with Crippen LogP contribution in [0.25, 0.3) is 67.8 Å². The van der Waals surface area contributed by atoms with Crippen LogP contribution >= 0.6 is 46.4 Å². The molecule has 4 aromatic carbocycles. The van der Waals surface area contributed by atoms with Crippen LogP contribution in [-0.4, -0.2) is 29.5 Å². The van der Waals surface area contributed by atoms with Crippen molar-refractivity contribution in [3.05, 3.63) is 166 Å². The van der Waals surface area contributed by atoms with E-state index < -0.39 is 0 Å². The van der Waals surface area contributed by atoms with Gasteiger partial charge in [-0.05, 0) is 79.7 Å². The van der Waals surface area contributed by atoms with Gasteiger partial charge in [-0.3, -0.25) is 9.97 Å². The number of benzene rings is 4. The molecule has 0 saturated heterocycles. The Kier molecular flexibility index (Phi) is 10.8. The van der Waals surface area contributed by atoms with Crippen molar-refractivity contribution in [3.8, 4) is 67.8 Å². The largest absolute Gasteiger partial charge is 0.337 e. The van der Waals surface area contributed by atoms with Crippen LogP contribution in [0.2, 0.25) is 20.1 Å². The van der Waals surface area contributed by atoms with Crippen LogP contribution in [0, 0.1) is 0 Å². The molecule has 8 rings (SSSR count). The molecule has 0 atom stereocenters. The summed E-state index contributed by atoms with van der Waals surface area (Å²) in [7, 11) is 0. The summed E-state index contributed by atoms with van der Waals surface area (Å²) in [5.41, 5.74) is 9.52. The van der Waals surface area contributed by atoms with Crippen LogP contribution in [0.15, 0.2) is 146 Å². The number of rotatable bonds is 7. The van der Waals surface area contributed by atoms with Gasteiger partial charge in [0.25, 0.3) is 0 Å². The highest BCUT2D eigenvalue weighted by atomic mass is 35.5. The number of imidazole rings is 2. The topological polar surface area (TPSA) is 72.3 Å². The molecule has 8 aromatic rings. The summed E-state index contributed by atoms with van der Waals surface area (Å²) in [5, 5.41) is 2.73. The first kappa shape index (κ1) is 35.2. The lowest BCUT2D eigenvalue weighted by atomic mass is 10.1. The predicted octanol–water partition coefficient (Wildman–Crippen LogP) is 12.7. The van der Waals surface area contributed by atoms with Gasteiger partial charge >= 0.3 is 0 Å². The van der Waals surface area contributed by atoms with Crippen molar-refractivity contribution in [2.75, 3.05) is 0 Å². The van der Waals surface area contributed by atoms with Gasteiger partial charge in [-0.1, -0.05) is 94.9 Å². The van der Waals surface area contributed by atoms with Gasteiger partial charge in [0.05, 0.1) is 32.8 Å². The fourth-order valence-electron chi connectivity index (χ4n) is 5.92. The maximum absolute atomic E-state index is 6.48. The Morgan fingerprint density at radius 1 is 0.519 bits per heavy atom. The maximum Gasteiger partial charge on any atom is 0.142 e. The normalized spacial score (nSPS) is 10.9. The fourth-order valence-corrected chi connectivity index (χ4v) is 6.62. The Bertz CT molecular complexity index is 2420. The number of halogens is 4. The number of nitrogens with one attached hydrogen (secondary N) is 1. The van der Waals surface area contributed by atoms with E-state index in [9.17, 15) is 0 Å². The molecule has 0 spiro atoms. The van der Waals surface area contributed by atoms with Gasteiger partial charge in [-0.25, -0.2) is 9.97 Å². The van der Waals surface area contributed by atoms with E-state index in [1.165, 1.54) is 0 Å². The van der Waals surface area contributed by atoms with Crippen LogP contribution in [0.5, 0.6) is 0 Å². The van der Waals surface area contributed by atoms with Crippen molar-refractivity contribution < 1.29 is 0 Å². The van der Waals surface area contributed by atoms with E-state index in [0.717, 1.165) is 74.3 Å². The predicted molar refractivity (Wildman–Crippen MR) is 215 cm³/mol. The van der Waals surface area contributed by atoms with E-state index in [1.807, 2.05) is 121 Å². The molecule has 0 aliphatic rings. The number of pyridine rings is 2. The van der Waals surface area contributed by atoms with E-state index in [1.54, 1.807) is 24.8 Å². The van der Waals surface area contributed by atoms with Gasteiger partial charge in [-0.15, -0.1) is 0 Å². The third-order valence-corrected chi connectivity index (χ3v) is 9.55. The molecule has 0 fully saturated rings. The highest BCUT2D eigenvalue weighted by Gasteiger charge is 2.22. The molecule has 0 radical (unpaired) electrons. The molecule has 0 amide bonds. The number of hydrogen-bond acceptors (Lipinski definition) is 4. The van der Waals surface area contributed by atoms with Crippen molar-refractivity contribution in [2.45, 2.75) is 13.5 Å². The van der Waals surface area contributed by atoms with Gasteiger partial charge in [0.1, 0.15) is 11.6 Å². The number of hydrogen-bond donors (Lipinski definition) is 1. The number of aromatic amines is 1. The number of aromatic nitrogens is 6. The van der Waals surface area contributed by atoms with Crippen LogP contribution in [0.3, 0.4) is 0 Å². The Morgan fingerprint density at radius 3 is 1.58 bits per heavy atom. The molecule has 0 unspecified atom stereocenters. The molecule has 1 N–H and O–H groups in total. The minimum atomic E-state index is 0.653. The SMILES string of the molecule is CCn1c(-c2ccccc2Cl)nc(-c2ccncc2)c1-c1ccc(Cl)cc1.Clc1ccc(-c2nc(-c3ccccc3Cl)[nH]c2-c2ccncc2)cc1. The van der Waals surface area contributed by atoms with Crippen LogP contribution in [0.4, 0.5) is 0 Å². The second kappa shape index (κ2) is 16.0. The summed E-state index contributed by atoms with van der Waals surface area (Å²) in [6, 6.07) is 38.7. The Balaban J connectivity index is 0.000000162. The first-order valence-corrected chi connectivity index (χ1v) is 18.0. The van der Waals surface area contributed by atoms with Crippen molar-refractivity contribution in [2.24, 2.45) is 0 Å². The Morgan fingerprint density at radius 2 is 1.02 bits per heavy atom. The minimum absolute atomic E-state index is 0.653. The van der Waals surface area contributed by atoms with E-state index in [2.05, 4.69) is 26.4 Å². The lowest BCUT2D eigenvalue weighted by Crippen LogP contribution is -2.00. The van der Waals surface area contributed by atoms with E-state index in [4.69, 9.17) is 56.4 Å². The number of H-pyrrole nitrogens is 1. The zero-order valence-electron chi connectivity index (χ0n) is 27.8. The Hall–Kier alpha value is -5.24. The lowest BCUT2D eigenvalue weighted by molar-refractivity contribution is 0.778. The first-order chi connectivity index (χ1) is 25.4. The molecule has 256 valence electrons. The summed E-state index contributed by atoms with van der Waals surface area (Å²) >= 11 is 25.0. The van der Waals surface area contributed by atoms with Crippen LogP contribution in [0.1, 0.15) is 6.92 Å². The molecule has 0 saturated carbocycles. The smallest absolute Gasteiger partial charge is 0.142 e. The van der Waals surface area contributed by atoms with Gasteiger partial charge in [0.15, 0.2) is 0 Å². The van der Waals surface area contributed by atoms with Crippen molar-refractivity contribution in [3.63, 3.8) is 0 Å². The average molecular weight is 761 g/mol. The summed E-state index contributed by atoms with van der Waals surface area (Å²) < 4.78 is 2.19. The van der Waals surface area contributed by atoms with Crippen LogP contribution in [-0.2, 0) is 6.54 Å².